The molecule has 0 saturated heterocycles. The number of ether oxygens (including phenoxy) is 2. The summed E-state index contributed by atoms with van der Waals surface area (Å²) in [6.45, 7) is 3.19. The minimum absolute atomic E-state index is 0.0370. The van der Waals surface area contributed by atoms with Gasteiger partial charge in [-0.25, -0.2) is 13.8 Å². The lowest BCUT2D eigenvalue weighted by Gasteiger charge is -2.21. The molecule has 0 aliphatic carbocycles. The van der Waals surface area contributed by atoms with Crippen LogP contribution in [0.2, 0.25) is 0 Å². The largest absolute Gasteiger partial charge is 0.497 e. The number of rotatable bonds is 11. The number of amides is 2. The van der Waals surface area contributed by atoms with Crippen LogP contribution in [0.25, 0.3) is 0 Å². The lowest BCUT2D eigenvalue weighted by molar-refractivity contribution is -0.123. The molecule has 0 aromatic heterocycles. The normalized spacial score (nSPS) is 11.3. The number of anilines is 1. The number of nitrogens with zero attached hydrogens (tertiary/aromatic N) is 2. The highest BCUT2D eigenvalue weighted by Gasteiger charge is 2.21. The number of benzene rings is 2. The van der Waals surface area contributed by atoms with Gasteiger partial charge in [0.1, 0.15) is 18.0 Å². The second-order valence-electron chi connectivity index (χ2n) is 7.34. The van der Waals surface area contributed by atoms with Crippen LogP contribution < -0.4 is 24.5 Å². The Morgan fingerprint density at radius 1 is 1.09 bits per heavy atom. The Hall–Kier alpha value is -3.60. The van der Waals surface area contributed by atoms with Crippen molar-refractivity contribution in [3.63, 3.8) is 0 Å². The summed E-state index contributed by atoms with van der Waals surface area (Å²) in [7, 11) is -2.25. The molecule has 0 aliphatic heterocycles. The van der Waals surface area contributed by atoms with Gasteiger partial charge in [0.25, 0.3) is 11.8 Å². The fourth-order valence-corrected chi connectivity index (χ4v) is 3.52. The van der Waals surface area contributed by atoms with Crippen molar-refractivity contribution >= 4 is 33.7 Å². The number of sulfonamides is 1. The first kappa shape index (κ1) is 25.7. The first-order chi connectivity index (χ1) is 15.6. The SMILES string of the molecule is COc1cccc(N(CC(=O)N/N=C\c2ccc(OCC(=O)NC(C)C)cc2)S(C)(=O)=O)c1. The van der Waals surface area contributed by atoms with E-state index >= 15 is 0 Å². The van der Waals surface area contributed by atoms with E-state index in [2.05, 4.69) is 15.8 Å². The fourth-order valence-electron chi connectivity index (χ4n) is 2.67. The molecule has 2 amide bonds. The molecule has 178 valence electrons. The average molecular weight is 477 g/mol. The van der Waals surface area contributed by atoms with Crippen molar-refractivity contribution in [1.29, 1.82) is 0 Å². The number of carbonyl (C=O) groups is 2. The van der Waals surface area contributed by atoms with Gasteiger partial charge in [0.05, 0.1) is 25.3 Å². The van der Waals surface area contributed by atoms with Crippen LogP contribution in [0.3, 0.4) is 0 Å². The van der Waals surface area contributed by atoms with Gasteiger partial charge in [0.15, 0.2) is 6.61 Å². The molecule has 10 nitrogen and oxygen atoms in total. The molecule has 0 atom stereocenters. The Morgan fingerprint density at radius 2 is 1.79 bits per heavy atom. The fraction of sp³-hybridized carbons (Fsp3) is 0.318. The molecule has 2 aromatic carbocycles. The van der Waals surface area contributed by atoms with E-state index in [-0.39, 0.29) is 18.6 Å². The topological polar surface area (TPSA) is 126 Å². The smallest absolute Gasteiger partial charge is 0.260 e. The van der Waals surface area contributed by atoms with Gasteiger partial charge in [-0.2, -0.15) is 5.10 Å². The molecule has 0 radical (unpaired) electrons. The summed E-state index contributed by atoms with van der Waals surface area (Å²) >= 11 is 0. The van der Waals surface area contributed by atoms with Crippen LogP contribution in [0.15, 0.2) is 53.6 Å². The Labute approximate surface area is 193 Å². The molecular formula is C22H28N4O6S. The summed E-state index contributed by atoms with van der Waals surface area (Å²) in [5, 5.41) is 6.59. The Bertz CT molecular complexity index is 1080. The first-order valence-corrected chi connectivity index (χ1v) is 11.9. The highest BCUT2D eigenvalue weighted by molar-refractivity contribution is 7.92. The third-order valence-corrected chi connectivity index (χ3v) is 5.27. The molecule has 0 heterocycles. The number of hydrogen-bond donors (Lipinski definition) is 2. The molecule has 0 spiro atoms. The first-order valence-electron chi connectivity index (χ1n) is 10.0. The summed E-state index contributed by atoms with van der Waals surface area (Å²) in [6.07, 6.45) is 2.42. The second-order valence-corrected chi connectivity index (χ2v) is 9.25. The van der Waals surface area contributed by atoms with E-state index in [1.807, 2.05) is 13.8 Å². The number of hydrogen-bond acceptors (Lipinski definition) is 7. The van der Waals surface area contributed by atoms with Gasteiger partial charge in [-0.05, 0) is 55.8 Å². The summed E-state index contributed by atoms with van der Waals surface area (Å²) < 4.78 is 35.8. The van der Waals surface area contributed by atoms with Crippen LogP contribution in [0, 0.1) is 0 Å². The summed E-state index contributed by atoms with van der Waals surface area (Å²) in [5.41, 5.74) is 3.28. The quantitative estimate of drug-likeness (QED) is 0.374. The Kier molecular flexibility index (Phi) is 9.22. The van der Waals surface area contributed by atoms with Gasteiger partial charge < -0.3 is 14.8 Å². The summed E-state index contributed by atoms with van der Waals surface area (Å²) in [4.78, 5) is 23.9. The third kappa shape index (κ3) is 8.81. The van der Waals surface area contributed by atoms with E-state index in [0.29, 0.717) is 22.7 Å². The van der Waals surface area contributed by atoms with Crippen LogP contribution in [-0.2, 0) is 19.6 Å². The molecular weight excluding hydrogens is 448 g/mol. The molecule has 11 heteroatoms. The molecule has 0 fully saturated rings. The van der Waals surface area contributed by atoms with Crippen LogP contribution in [0.1, 0.15) is 19.4 Å². The number of methoxy groups -OCH3 is 1. The van der Waals surface area contributed by atoms with Gasteiger partial charge in [0.2, 0.25) is 10.0 Å². The molecule has 0 unspecified atom stereocenters. The van der Waals surface area contributed by atoms with Gasteiger partial charge in [-0.15, -0.1) is 0 Å². The van der Waals surface area contributed by atoms with E-state index < -0.39 is 22.5 Å². The lowest BCUT2D eigenvalue weighted by atomic mass is 10.2. The zero-order valence-corrected chi connectivity index (χ0v) is 19.8. The molecule has 2 N–H and O–H groups in total. The molecule has 0 saturated carbocycles. The lowest BCUT2D eigenvalue weighted by Crippen LogP contribution is -2.39. The van der Waals surface area contributed by atoms with Crippen molar-refractivity contribution in [3.8, 4) is 11.5 Å². The van der Waals surface area contributed by atoms with Gasteiger partial charge >= 0.3 is 0 Å². The van der Waals surface area contributed by atoms with Crippen LogP contribution in [0.5, 0.6) is 11.5 Å². The maximum absolute atomic E-state index is 12.3. The van der Waals surface area contributed by atoms with Crippen molar-refractivity contribution in [3.05, 3.63) is 54.1 Å². The van der Waals surface area contributed by atoms with E-state index in [1.54, 1.807) is 42.5 Å². The van der Waals surface area contributed by atoms with Crippen molar-refractivity contribution in [2.24, 2.45) is 5.10 Å². The number of nitrogens with one attached hydrogen (secondary N) is 2. The predicted octanol–water partition coefficient (Wildman–Crippen LogP) is 1.51. The number of hydrazone groups is 1. The van der Waals surface area contributed by atoms with Crippen LogP contribution >= 0.6 is 0 Å². The molecule has 2 rings (SSSR count). The zero-order valence-electron chi connectivity index (χ0n) is 18.9. The predicted molar refractivity (Wildman–Crippen MR) is 126 cm³/mol. The Morgan fingerprint density at radius 3 is 2.39 bits per heavy atom. The van der Waals surface area contributed by atoms with Gasteiger partial charge in [-0.1, -0.05) is 6.07 Å². The molecule has 2 aromatic rings. The van der Waals surface area contributed by atoms with Gasteiger partial charge in [-0.3, -0.25) is 13.9 Å². The van der Waals surface area contributed by atoms with Crippen molar-refractivity contribution < 1.29 is 27.5 Å². The zero-order chi connectivity index (χ0) is 24.4. The third-order valence-electron chi connectivity index (χ3n) is 4.13. The van der Waals surface area contributed by atoms with E-state index in [9.17, 15) is 18.0 Å². The van der Waals surface area contributed by atoms with E-state index in [0.717, 1.165) is 10.6 Å². The average Bonchev–Trinajstić information content (AvgIpc) is 2.75. The summed E-state index contributed by atoms with van der Waals surface area (Å²) in [6, 6.07) is 13.2. The molecule has 33 heavy (non-hydrogen) atoms. The van der Waals surface area contributed by atoms with Crippen molar-refractivity contribution in [2.75, 3.05) is 30.8 Å². The second kappa shape index (κ2) is 11.9. The summed E-state index contributed by atoms with van der Waals surface area (Å²) in [5.74, 6) is 0.149. The van der Waals surface area contributed by atoms with Crippen LogP contribution in [0.4, 0.5) is 5.69 Å². The minimum atomic E-state index is -3.72. The van der Waals surface area contributed by atoms with Gasteiger partial charge in [0, 0.05) is 12.1 Å². The highest BCUT2D eigenvalue weighted by atomic mass is 32.2. The Balaban J connectivity index is 1.93. The standard InChI is InChI=1S/C22H28N4O6S/c1-16(2)24-22(28)15-32-19-10-8-17(9-11-19)13-23-25-21(27)14-26(33(4,29)30)18-6-5-7-20(12-18)31-3/h5-13,16H,14-15H2,1-4H3,(H,24,28)(H,25,27)/b23-13-. The minimum Gasteiger partial charge on any atom is -0.497 e. The molecule has 0 aliphatic rings. The molecule has 0 bridgehead atoms. The van der Waals surface area contributed by atoms with E-state index in [4.69, 9.17) is 9.47 Å². The van der Waals surface area contributed by atoms with E-state index in [1.165, 1.54) is 19.4 Å². The number of carbonyl (C=O) groups excluding carboxylic acids is 2. The maximum Gasteiger partial charge on any atom is 0.260 e. The maximum atomic E-state index is 12.3. The highest BCUT2D eigenvalue weighted by Crippen LogP contribution is 2.22. The van der Waals surface area contributed by atoms with Crippen molar-refractivity contribution in [2.45, 2.75) is 19.9 Å². The van der Waals surface area contributed by atoms with Crippen LogP contribution in [-0.4, -0.2) is 59.0 Å². The van der Waals surface area contributed by atoms with Crippen molar-refractivity contribution in [1.82, 2.24) is 10.7 Å². The monoisotopic (exact) mass is 476 g/mol.